The van der Waals surface area contributed by atoms with E-state index >= 15 is 0 Å². The summed E-state index contributed by atoms with van der Waals surface area (Å²) in [6, 6.07) is 0. The van der Waals surface area contributed by atoms with Gasteiger partial charge in [-0.15, -0.1) is 0 Å². The van der Waals surface area contributed by atoms with Crippen molar-refractivity contribution in [2.24, 2.45) is 0 Å². The molecule has 0 heterocycles. The summed E-state index contributed by atoms with van der Waals surface area (Å²) >= 11 is 0. The van der Waals surface area contributed by atoms with E-state index in [1.165, 1.54) is 38.5 Å². The van der Waals surface area contributed by atoms with Gasteiger partial charge in [0, 0.05) is 0 Å². The van der Waals surface area contributed by atoms with E-state index in [1.54, 1.807) is 0 Å². The summed E-state index contributed by atoms with van der Waals surface area (Å²) in [6.07, 6.45) is 10.3. The van der Waals surface area contributed by atoms with E-state index < -0.39 is 15.6 Å². The Morgan fingerprint density at radius 1 is 0.889 bits per heavy atom. The molecule has 104 valence electrons. The van der Waals surface area contributed by atoms with Gasteiger partial charge in [0.25, 0.3) is 10.1 Å². The molecule has 0 aromatic rings. The Hall–Kier alpha value is 0.870. The number of hydrogen-bond donors (Lipinski definition) is 2. The molecular weight excluding hydrogens is 263 g/mol. The summed E-state index contributed by atoms with van der Waals surface area (Å²) in [5, 5.41) is 9.05. The molecule has 0 aromatic carbocycles. The maximum Gasteiger partial charge on any atom is 1.00 e. The summed E-state index contributed by atoms with van der Waals surface area (Å²) in [5.74, 6) is 0. The van der Waals surface area contributed by atoms with Crippen molar-refractivity contribution in [3.05, 3.63) is 0 Å². The van der Waals surface area contributed by atoms with Crippen molar-refractivity contribution < 1.29 is 47.6 Å². The Labute approximate surface area is 134 Å². The molecular formula is C12H26NaO4S+. The van der Waals surface area contributed by atoms with Gasteiger partial charge in [-0.1, -0.05) is 58.3 Å². The second-order valence-corrected chi connectivity index (χ2v) is 6.16. The van der Waals surface area contributed by atoms with E-state index in [-0.39, 0.29) is 36.0 Å². The van der Waals surface area contributed by atoms with Crippen LogP contribution in [0.15, 0.2) is 0 Å². The van der Waals surface area contributed by atoms with Crippen LogP contribution >= 0.6 is 0 Å². The largest absolute Gasteiger partial charge is 1.00 e. The maximum absolute atomic E-state index is 10.5. The van der Waals surface area contributed by atoms with E-state index in [9.17, 15) is 8.42 Å². The van der Waals surface area contributed by atoms with Gasteiger partial charge in [-0.2, -0.15) is 8.42 Å². The monoisotopic (exact) mass is 289 g/mol. The average molecular weight is 289 g/mol. The van der Waals surface area contributed by atoms with Gasteiger partial charge in [-0.25, -0.2) is 0 Å². The molecule has 0 fully saturated rings. The van der Waals surface area contributed by atoms with Gasteiger partial charge in [0.15, 0.2) is 5.44 Å². The normalized spacial score (nSPS) is 13.1. The van der Waals surface area contributed by atoms with Crippen molar-refractivity contribution in [1.82, 2.24) is 0 Å². The molecule has 0 spiro atoms. The van der Waals surface area contributed by atoms with Crippen LogP contribution in [-0.4, -0.2) is 23.5 Å². The Morgan fingerprint density at radius 2 is 1.28 bits per heavy atom. The molecule has 0 saturated heterocycles. The van der Waals surface area contributed by atoms with Gasteiger partial charge in [-0.3, -0.25) is 4.55 Å². The average Bonchev–Trinajstić information content (AvgIpc) is 2.25. The predicted molar refractivity (Wildman–Crippen MR) is 69.4 cm³/mol. The molecule has 0 radical (unpaired) electrons. The molecule has 0 amide bonds. The molecule has 0 aromatic heterocycles. The van der Waals surface area contributed by atoms with Crippen LogP contribution in [0.4, 0.5) is 0 Å². The number of hydrogen-bond acceptors (Lipinski definition) is 3. The second-order valence-electron chi connectivity index (χ2n) is 4.59. The molecule has 6 heteroatoms. The van der Waals surface area contributed by atoms with Gasteiger partial charge in [-0.05, 0) is 12.8 Å². The number of rotatable bonds is 11. The fourth-order valence-electron chi connectivity index (χ4n) is 1.78. The van der Waals surface area contributed by atoms with Gasteiger partial charge in [0.05, 0.1) is 0 Å². The summed E-state index contributed by atoms with van der Waals surface area (Å²) in [4.78, 5) is 0. The van der Waals surface area contributed by atoms with Crippen molar-refractivity contribution in [2.75, 3.05) is 0 Å². The Morgan fingerprint density at radius 3 is 1.67 bits per heavy atom. The first-order chi connectivity index (χ1) is 7.98. The van der Waals surface area contributed by atoms with Crippen molar-refractivity contribution in [3.63, 3.8) is 0 Å². The minimum absolute atomic E-state index is 0. The molecule has 0 aliphatic carbocycles. The van der Waals surface area contributed by atoms with Crippen LogP contribution in [0.1, 0.15) is 71.1 Å². The van der Waals surface area contributed by atoms with E-state index in [0.29, 0.717) is 6.42 Å². The third kappa shape index (κ3) is 13.3. The molecule has 0 aliphatic heterocycles. The number of aliphatic hydroxyl groups excluding tert-OH is 1. The van der Waals surface area contributed by atoms with Crippen LogP contribution < -0.4 is 29.6 Å². The van der Waals surface area contributed by atoms with Gasteiger partial charge >= 0.3 is 29.6 Å². The molecule has 1 atom stereocenters. The predicted octanol–water partition coefficient (Wildman–Crippen LogP) is 0.118. The Kier molecular flexibility index (Phi) is 15.2. The zero-order chi connectivity index (χ0) is 13.1. The second kappa shape index (κ2) is 12.9. The fourth-order valence-corrected chi connectivity index (χ4v) is 2.24. The molecule has 0 aliphatic rings. The topological polar surface area (TPSA) is 74.6 Å². The smallest absolute Gasteiger partial charge is 0.375 e. The first kappa shape index (κ1) is 21.2. The standard InChI is InChI=1S/C12H26O4S.Na/c1-2-3-4-5-6-7-8-9-10-11-12(13)17(14,15)16;/h12-13H,2-11H2,1H3,(H,14,15,16);/q;+1. The summed E-state index contributed by atoms with van der Waals surface area (Å²) in [5.41, 5.74) is -1.60. The van der Waals surface area contributed by atoms with Crippen LogP contribution in [-0.2, 0) is 10.1 Å². The zero-order valence-electron chi connectivity index (χ0n) is 11.8. The minimum Gasteiger partial charge on any atom is -0.375 e. The van der Waals surface area contributed by atoms with Crippen molar-refractivity contribution >= 4 is 10.1 Å². The molecule has 0 rings (SSSR count). The van der Waals surface area contributed by atoms with E-state index in [1.807, 2.05) is 0 Å². The molecule has 0 saturated carbocycles. The summed E-state index contributed by atoms with van der Waals surface area (Å²) in [6.45, 7) is 2.19. The van der Waals surface area contributed by atoms with Crippen molar-refractivity contribution in [3.8, 4) is 0 Å². The quantitative estimate of drug-likeness (QED) is 0.322. The van der Waals surface area contributed by atoms with Gasteiger partial charge in [0.1, 0.15) is 0 Å². The van der Waals surface area contributed by atoms with Crippen LogP contribution in [0.3, 0.4) is 0 Å². The first-order valence-electron chi connectivity index (χ1n) is 6.63. The Bertz CT molecular complexity index is 267. The van der Waals surface area contributed by atoms with Crippen molar-refractivity contribution in [1.29, 1.82) is 0 Å². The Balaban J connectivity index is 0. The number of unbranched alkanes of at least 4 members (excludes halogenated alkanes) is 8. The van der Waals surface area contributed by atoms with Crippen molar-refractivity contribution in [2.45, 2.75) is 76.6 Å². The van der Waals surface area contributed by atoms with E-state index in [0.717, 1.165) is 12.8 Å². The molecule has 2 N–H and O–H groups in total. The summed E-state index contributed by atoms with van der Waals surface area (Å²) in [7, 11) is -4.25. The third-order valence-corrected chi connectivity index (χ3v) is 3.82. The van der Waals surface area contributed by atoms with E-state index in [2.05, 4.69) is 6.92 Å². The van der Waals surface area contributed by atoms with Crippen LogP contribution in [0.5, 0.6) is 0 Å². The van der Waals surface area contributed by atoms with E-state index in [4.69, 9.17) is 9.66 Å². The molecule has 1 unspecified atom stereocenters. The minimum atomic E-state index is -4.25. The maximum atomic E-state index is 10.5. The van der Waals surface area contributed by atoms with Crippen LogP contribution in [0.25, 0.3) is 0 Å². The van der Waals surface area contributed by atoms with Gasteiger partial charge < -0.3 is 5.11 Å². The SMILES string of the molecule is CCCCCCCCCCCC(O)S(=O)(=O)O.[Na+]. The first-order valence-corrected chi connectivity index (χ1v) is 8.13. The van der Waals surface area contributed by atoms with Gasteiger partial charge in [0.2, 0.25) is 0 Å². The molecule has 18 heavy (non-hydrogen) atoms. The molecule has 4 nitrogen and oxygen atoms in total. The van der Waals surface area contributed by atoms with Crippen LogP contribution in [0.2, 0.25) is 0 Å². The fraction of sp³-hybridized carbons (Fsp3) is 1.00. The van der Waals surface area contributed by atoms with Crippen LogP contribution in [0, 0.1) is 0 Å². The zero-order valence-corrected chi connectivity index (χ0v) is 14.6. The number of aliphatic hydroxyl groups is 1. The summed E-state index contributed by atoms with van der Waals surface area (Å²) < 4.78 is 29.5. The molecule has 0 bridgehead atoms. The third-order valence-electron chi connectivity index (χ3n) is 2.90.